The van der Waals surface area contributed by atoms with Crippen molar-refractivity contribution in [2.75, 3.05) is 6.61 Å². The van der Waals surface area contributed by atoms with E-state index in [0.29, 0.717) is 18.2 Å². The lowest BCUT2D eigenvalue weighted by Crippen LogP contribution is -1.91. The molecule has 3 rings (SSSR count). The lowest BCUT2D eigenvalue weighted by molar-refractivity contribution is 0.318. The van der Waals surface area contributed by atoms with Gasteiger partial charge < -0.3 is 14.3 Å². The van der Waals surface area contributed by atoms with Crippen molar-refractivity contribution >= 4 is 23.3 Å². The van der Waals surface area contributed by atoms with Gasteiger partial charge in [0.15, 0.2) is 17.1 Å². The maximum atomic E-state index is 9.67. The summed E-state index contributed by atoms with van der Waals surface area (Å²) in [5.41, 5.74) is 2.49. The third-order valence-corrected chi connectivity index (χ3v) is 3.01. The number of nitrogens with zero attached hydrogens (tertiary/aromatic N) is 1. The van der Waals surface area contributed by atoms with E-state index in [1.165, 1.54) is 0 Å². The first-order valence-corrected chi connectivity index (χ1v) is 6.76. The Morgan fingerprint density at radius 2 is 2.05 bits per heavy atom. The summed E-state index contributed by atoms with van der Waals surface area (Å²) >= 11 is 0. The maximum absolute atomic E-state index is 9.67. The summed E-state index contributed by atoms with van der Waals surface area (Å²) < 4.78 is 11.0. The minimum atomic E-state index is 0.135. The molecule has 0 fully saturated rings. The zero-order chi connectivity index (χ0) is 14.7. The number of phenols is 1. The van der Waals surface area contributed by atoms with E-state index in [4.69, 9.17) is 9.15 Å². The second-order valence-corrected chi connectivity index (χ2v) is 4.51. The molecule has 3 aromatic rings. The number of aromatic hydroxyl groups is 1. The normalized spacial score (nSPS) is 11.3. The lowest BCUT2D eigenvalue weighted by atomic mass is 10.2. The van der Waals surface area contributed by atoms with Gasteiger partial charge in [-0.25, -0.2) is 4.98 Å². The molecule has 0 saturated carbocycles. The maximum Gasteiger partial charge on any atom is 0.220 e. The predicted molar refractivity (Wildman–Crippen MR) is 82.2 cm³/mol. The van der Waals surface area contributed by atoms with Crippen molar-refractivity contribution in [3.8, 4) is 11.5 Å². The van der Waals surface area contributed by atoms with Gasteiger partial charge in [-0.3, -0.25) is 0 Å². The Morgan fingerprint density at radius 1 is 1.19 bits per heavy atom. The zero-order valence-corrected chi connectivity index (χ0v) is 11.6. The van der Waals surface area contributed by atoms with Gasteiger partial charge in [0.2, 0.25) is 5.89 Å². The Bertz CT molecular complexity index is 757. The standard InChI is InChI=1S/C17H15NO3/c1-2-20-16-11-12(7-9-14(16)19)8-10-17-18-13-5-3-4-6-15(13)21-17/h3-11,19H,2H2,1H3/b10-8+. The fourth-order valence-corrected chi connectivity index (χ4v) is 2.03. The van der Waals surface area contributed by atoms with E-state index < -0.39 is 0 Å². The number of phenolic OH excluding ortho intramolecular Hbond substituents is 1. The number of aromatic nitrogens is 1. The molecule has 0 amide bonds. The molecule has 0 aliphatic carbocycles. The lowest BCUT2D eigenvalue weighted by Gasteiger charge is -2.05. The van der Waals surface area contributed by atoms with Crippen molar-refractivity contribution in [1.82, 2.24) is 4.98 Å². The molecular formula is C17H15NO3. The van der Waals surface area contributed by atoms with Crippen molar-refractivity contribution < 1.29 is 14.3 Å². The molecule has 4 heteroatoms. The van der Waals surface area contributed by atoms with Crippen LogP contribution in [0.3, 0.4) is 0 Å². The van der Waals surface area contributed by atoms with E-state index in [1.54, 1.807) is 24.3 Å². The SMILES string of the molecule is CCOc1cc(/C=C/c2nc3ccccc3o2)ccc1O. The Labute approximate surface area is 122 Å². The fraction of sp³-hybridized carbons (Fsp3) is 0.118. The van der Waals surface area contributed by atoms with Crippen LogP contribution in [0.2, 0.25) is 0 Å². The monoisotopic (exact) mass is 281 g/mol. The topological polar surface area (TPSA) is 55.5 Å². The predicted octanol–water partition coefficient (Wildman–Crippen LogP) is 4.10. The van der Waals surface area contributed by atoms with E-state index >= 15 is 0 Å². The van der Waals surface area contributed by atoms with E-state index in [9.17, 15) is 5.11 Å². The van der Waals surface area contributed by atoms with Crippen LogP contribution in [0.1, 0.15) is 18.4 Å². The smallest absolute Gasteiger partial charge is 0.220 e. The minimum absolute atomic E-state index is 0.135. The molecule has 4 nitrogen and oxygen atoms in total. The van der Waals surface area contributed by atoms with Crippen molar-refractivity contribution in [2.45, 2.75) is 6.92 Å². The third kappa shape index (κ3) is 2.89. The first kappa shape index (κ1) is 13.2. The van der Waals surface area contributed by atoms with E-state index in [2.05, 4.69) is 4.98 Å². The Balaban J connectivity index is 1.86. The summed E-state index contributed by atoms with van der Waals surface area (Å²) in [6.45, 7) is 2.38. The van der Waals surface area contributed by atoms with Crippen LogP contribution in [-0.4, -0.2) is 16.7 Å². The van der Waals surface area contributed by atoms with Gasteiger partial charge in [0, 0.05) is 6.08 Å². The highest BCUT2D eigenvalue weighted by molar-refractivity contribution is 5.76. The van der Waals surface area contributed by atoms with Crippen LogP contribution < -0.4 is 4.74 Å². The molecule has 0 spiro atoms. The molecule has 0 aliphatic heterocycles. The van der Waals surface area contributed by atoms with Crippen LogP contribution in [-0.2, 0) is 0 Å². The van der Waals surface area contributed by atoms with Crippen molar-refractivity contribution in [2.24, 2.45) is 0 Å². The van der Waals surface area contributed by atoms with Gasteiger partial charge in [-0.05, 0) is 42.8 Å². The van der Waals surface area contributed by atoms with E-state index in [1.807, 2.05) is 37.3 Å². The molecule has 0 atom stereocenters. The average molecular weight is 281 g/mol. The number of fused-ring (bicyclic) bond motifs is 1. The number of benzene rings is 2. The highest BCUT2D eigenvalue weighted by Crippen LogP contribution is 2.27. The van der Waals surface area contributed by atoms with Gasteiger partial charge in [0.1, 0.15) is 5.52 Å². The largest absolute Gasteiger partial charge is 0.504 e. The summed E-state index contributed by atoms with van der Waals surface area (Å²) in [7, 11) is 0. The van der Waals surface area contributed by atoms with Gasteiger partial charge in [0.05, 0.1) is 6.61 Å². The van der Waals surface area contributed by atoms with Crippen molar-refractivity contribution in [1.29, 1.82) is 0 Å². The van der Waals surface area contributed by atoms with Crippen LogP contribution in [0.25, 0.3) is 23.3 Å². The van der Waals surface area contributed by atoms with Gasteiger partial charge in [-0.15, -0.1) is 0 Å². The molecule has 0 aliphatic rings. The number of hydrogen-bond donors (Lipinski definition) is 1. The molecule has 106 valence electrons. The highest BCUT2D eigenvalue weighted by Gasteiger charge is 2.03. The number of ether oxygens (including phenoxy) is 1. The van der Waals surface area contributed by atoms with Crippen molar-refractivity contribution in [3.05, 3.63) is 53.9 Å². The molecule has 0 unspecified atom stereocenters. The summed E-state index contributed by atoms with van der Waals surface area (Å²) in [5, 5.41) is 9.67. The molecule has 2 aromatic carbocycles. The van der Waals surface area contributed by atoms with Crippen LogP contribution in [0.5, 0.6) is 11.5 Å². The molecule has 1 aromatic heterocycles. The van der Waals surface area contributed by atoms with Crippen LogP contribution in [0.15, 0.2) is 46.9 Å². The number of rotatable bonds is 4. The molecule has 0 bridgehead atoms. The second kappa shape index (κ2) is 5.71. The molecule has 1 N–H and O–H groups in total. The van der Waals surface area contributed by atoms with Gasteiger partial charge in [-0.2, -0.15) is 0 Å². The molecular weight excluding hydrogens is 266 g/mol. The first-order valence-electron chi connectivity index (χ1n) is 6.76. The Morgan fingerprint density at radius 3 is 2.86 bits per heavy atom. The number of oxazole rings is 1. The molecule has 21 heavy (non-hydrogen) atoms. The Kier molecular flexibility index (Phi) is 3.60. The number of para-hydroxylation sites is 2. The van der Waals surface area contributed by atoms with Gasteiger partial charge in [0.25, 0.3) is 0 Å². The highest BCUT2D eigenvalue weighted by atomic mass is 16.5. The molecule has 1 heterocycles. The average Bonchev–Trinajstić information content (AvgIpc) is 2.91. The van der Waals surface area contributed by atoms with Crippen LogP contribution in [0, 0.1) is 0 Å². The summed E-state index contributed by atoms with van der Waals surface area (Å²) in [6, 6.07) is 12.8. The first-order chi connectivity index (χ1) is 10.3. The van der Waals surface area contributed by atoms with Crippen LogP contribution in [0.4, 0.5) is 0 Å². The molecule has 0 radical (unpaired) electrons. The Hall–Kier alpha value is -2.75. The molecule has 0 saturated heterocycles. The zero-order valence-electron chi connectivity index (χ0n) is 11.6. The summed E-state index contributed by atoms with van der Waals surface area (Å²) in [5.74, 6) is 1.15. The second-order valence-electron chi connectivity index (χ2n) is 4.51. The minimum Gasteiger partial charge on any atom is -0.504 e. The summed E-state index contributed by atoms with van der Waals surface area (Å²) in [6.07, 6.45) is 3.66. The van der Waals surface area contributed by atoms with Gasteiger partial charge in [-0.1, -0.05) is 18.2 Å². The fourth-order valence-electron chi connectivity index (χ4n) is 2.03. The van der Waals surface area contributed by atoms with Gasteiger partial charge >= 0.3 is 0 Å². The third-order valence-electron chi connectivity index (χ3n) is 3.01. The van der Waals surface area contributed by atoms with E-state index in [-0.39, 0.29) is 5.75 Å². The quantitative estimate of drug-likeness (QED) is 0.782. The number of hydrogen-bond acceptors (Lipinski definition) is 4. The van der Waals surface area contributed by atoms with Crippen molar-refractivity contribution in [3.63, 3.8) is 0 Å². The van der Waals surface area contributed by atoms with E-state index in [0.717, 1.165) is 16.7 Å². The van der Waals surface area contributed by atoms with Crippen LogP contribution >= 0.6 is 0 Å². The summed E-state index contributed by atoms with van der Waals surface area (Å²) in [4.78, 5) is 4.37.